The predicted molar refractivity (Wildman–Crippen MR) is 80.0 cm³/mol. The fourth-order valence-corrected chi connectivity index (χ4v) is 3.26. The molecule has 0 bridgehead atoms. The zero-order chi connectivity index (χ0) is 12.7. The molecule has 3 heteroatoms. The van der Waals surface area contributed by atoms with E-state index in [1.807, 2.05) is 0 Å². The van der Waals surface area contributed by atoms with Gasteiger partial charge in [0.15, 0.2) is 0 Å². The Morgan fingerprint density at radius 2 is 1.76 bits per heavy atom. The summed E-state index contributed by atoms with van der Waals surface area (Å²) in [4.78, 5) is 5.10. The third-order valence-corrected chi connectivity index (χ3v) is 5.11. The van der Waals surface area contributed by atoms with E-state index in [1.54, 1.807) is 0 Å². The number of hydrogen-bond acceptors (Lipinski definition) is 3. The van der Waals surface area contributed by atoms with Crippen LogP contribution in [0.4, 0.5) is 0 Å². The lowest BCUT2D eigenvalue weighted by atomic mass is 9.84. The molecule has 1 saturated heterocycles. The quantitative estimate of drug-likeness (QED) is 0.669. The van der Waals surface area contributed by atoms with Crippen LogP contribution in [0.25, 0.3) is 0 Å². The van der Waals surface area contributed by atoms with Gasteiger partial charge < -0.3 is 9.80 Å². The third-order valence-electron chi connectivity index (χ3n) is 4.44. The summed E-state index contributed by atoms with van der Waals surface area (Å²) < 4.78 is 0. The Bertz CT molecular complexity index is 190. The fourth-order valence-electron chi connectivity index (χ4n) is 2.72. The van der Waals surface area contributed by atoms with Crippen molar-refractivity contribution in [2.24, 2.45) is 5.41 Å². The van der Waals surface area contributed by atoms with Crippen LogP contribution in [0, 0.1) is 5.41 Å². The minimum atomic E-state index is 0.420. The van der Waals surface area contributed by atoms with Gasteiger partial charge >= 0.3 is 0 Å². The van der Waals surface area contributed by atoms with Crippen LogP contribution in [-0.2, 0) is 0 Å². The van der Waals surface area contributed by atoms with Crippen molar-refractivity contribution in [2.45, 2.75) is 39.5 Å². The first-order valence-electron chi connectivity index (χ1n) is 7.17. The van der Waals surface area contributed by atoms with E-state index in [0.29, 0.717) is 5.41 Å². The zero-order valence-electron chi connectivity index (χ0n) is 11.9. The first-order chi connectivity index (χ1) is 8.15. The van der Waals surface area contributed by atoms with Crippen LogP contribution in [0.2, 0.25) is 0 Å². The molecule has 1 aliphatic rings. The molecule has 0 aromatic carbocycles. The van der Waals surface area contributed by atoms with Crippen LogP contribution in [0.5, 0.6) is 0 Å². The van der Waals surface area contributed by atoms with Crippen LogP contribution in [-0.4, -0.2) is 55.3 Å². The van der Waals surface area contributed by atoms with E-state index in [1.165, 1.54) is 58.4 Å². The SMILES string of the molecule is CCC(CC)(CS)CN(C)CCN1CCCC1. The summed E-state index contributed by atoms with van der Waals surface area (Å²) in [6, 6.07) is 0. The third kappa shape index (κ3) is 4.80. The van der Waals surface area contributed by atoms with E-state index in [9.17, 15) is 0 Å². The Balaban J connectivity index is 2.28. The molecular weight excluding hydrogens is 228 g/mol. The molecule has 0 atom stereocenters. The topological polar surface area (TPSA) is 6.48 Å². The summed E-state index contributed by atoms with van der Waals surface area (Å²) >= 11 is 4.55. The van der Waals surface area contributed by atoms with Crippen molar-refractivity contribution in [3.63, 3.8) is 0 Å². The highest BCUT2D eigenvalue weighted by molar-refractivity contribution is 7.80. The Labute approximate surface area is 113 Å². The van der Waals surface area contributed by atoms with Gasteiger partial charge in [-0.3, -0.25) is 0 Å². The molecule has 0 saturated carbocycles. The number of likely N-dealkylation sites (tertiary alicyclic amines) is 1. The van der Waals surface area contributed by atoms with E-state index >= 15 is 0 Å². The van der Waals surface area contributed by atoms with Gasteiger partial charge in [-0.15, -0.1) is 0 Å². The largest absolute Gasteiger partial charge is 0.305 e. The van der Waals surface area contributed by atoms with E-state index < -0.39 is 0 Å². The van der Waals surface area contributed by atoms with Gasteiger partial charge in [-0.05, 0) is 57.0 Å². The number of likely N-dealkylation sites (N-methyl/N-ethyl adjacent to an activating group) is 1. The fraction of sp³-hybridized carbons (Fsp3) is 1.00. The molecule has 0 unspecified atom stereocenters. The van der Waals surface area contributed by atoms with E-state index in [4.69, 9.17) is 0 Å². The Hall–Kier alpha value is 0.270. The number of hydrogen-bond donors (Lipinski definition) is 1. The summed E-state index contributed by atoms with van der Waals surface area (Å²) in [7, 11) is 2.26. The van der Waals surface area contributed by atoms with E-state index in [0.717, 1.165) is 5.75 Å². The van der Waals surface area contributed by atoms with E-state index in [-0.39, 0.29) is 0 Å². The lowest BCUT2D eigenvalue weighted by Crippen LogP contribution is -2.40. The molecule has 0 aromatic heterocycles. The van der Waals surface area contributed by atoms with Gasteiger partial charge in [0, 0.05) is 19.6 Å². The summed E-state index contributed by atoms with van der Waals surface area (Å²) in [5.41, 5.74) is 0.420. The van der Waals surface area contributed by atoms with E-state index in [2.05, 4.69) is 43.3 Å². The summed E-state index contributed by atoms with van der Waals surface area (Å²) in [5, 5.41) is 0. The van der Waals surface area contributed by atoms with Gasteiger partial charge in [-0.1, -0.05) is 13.8 Å². The van der Waals surface area contributed by atoms with Crippen molar-refractivity contribution in [1.29, 1.82) is 0 Å². The molecule has 0 aliphatic carbocycles. The van der Waals surface area contributed by atoms with Gasteiger partial charge in [0.1, 0.15) is 0 Å². The first kappa shape index (κ1) is 15.3. The highest BCUT2D eigenvalue weighted by Crippen LogP contribution is 2.28. The smallest absolute Gasteiger partial charge is 0.0109 e. The Morgan fingerprint density at radius 1 is 1.18 bits per heavy atom. The normalized spacial score (nSPS) is 18.2. The standard InChI is InChI=1S/C14H30N2S/c1-4-14(5-2,13-17)12-15(3)10-11-16-8-6-7-9-16/h17H,4-13H2,1-3H3. The number of thiol groups is 1. The molecule has 1 aliphatic heterocycles. The molecule has 1 rings (SSSR count). The number of nitrogens with zero attached hydrogens (tertiary/aromatic N) is 2. The van der Waals surface area contributed by atoms with Crippen molar-refractivity contribution in [2.75, 3.05) is 45.5 Å². The molecule has 17 heavy (non-hydrogen) atoms. The first-order valence-corrected chi connectivity index (χ1v) is 7.81. The van der Waals surface area contributed by atoms with Crippen molar-refractivity contribution < 1.29 is 0 Å². The molecule has 0 radical (unpaired) electrons. The lowest BCUT2D eigenvalue weighted by Gasteiger charge is -2.35. The predicted octanol–water partition coefficient (Wildman–Crippen LogP) is 2.75. The van der Waals surface area contributed by atoms with Gasteiger partial charge in [0.25, 0.3) is 0 Å². The second-order valence-electron chi connectivity index (χ2n) is 5.65. The summed E-state index contributed by atoms with van der Waals surface area (Å²) in [5.74, 6) is 1.01. The van der Waals surface area contributed by atoms with Crippen molar-refractivity contribution in [1.82, 2.24) is 9.80 Å². The van der Waals surface area contributed by atoms with Gasteiger partial charge in [0.2, 0.25) is 0 Å². The Kier molecular flexibility index (Phi) is 6.90. The molecule has 2 nitrogen and oxygen atoms in total. The summed E-state index contributed by atoms with van der Waals surface area (Å²) in [6.45, 7) is 10.9. The lowest BCUT2D eigenvalue weighted by molar-refractivity contribution is 0.168. The van der Waals surface area contributed by atoms with Gasteiger partial charge in [-0.25, -0.2) is 0 Å². The summed E-state index contributed by atoms with van der Waals surface area (Å²) in [6.07, 6.45) is 5.27. The minimum absolute atomic E-state index is 0.420. The van der Waals surface area contributed by atoms with Crippen molar-refractivity contribution in [3.8, 4) is 0 Å². The average molecular weight is 258 g/mol. The molecule has 0 aromatic rings. The van der Waals surface area contributed by atoms with Crippen molar-refractivity contribution in [3.05, 3.63) is 0 Å². The molecule has 0 amide bonds. The van der Waals surface area contributed by atoms with Gasteiger partial charge in [-0.2, -0.15) is 12.6 Å². The monoisotopic (exact) mass is 258 g/mol. The second kappa shape index (κ2) is 7.65. The molecular formula is C14H30N2S. The molecule has 0 spiro atoms. The highest BCUT2D eigenvalue weighted by Gasteiger charge is 2.26. The van der Waals surface area contributed by atoms with Crippen LogP contribution >= 0.6 is 12.6 Å². The zero-order valence-corrected chi connectivity index (χ0v) is 12.8. The number of rotatable bonds is 8. The van der Waals surface area contributed by atoms with Crippen molar-refractivity contribution >= 4 is 12.6 Å². The van der Waals surface area contributed by atoms with Crippen LogP contribution in [0.15, 0.2) is 0 Å². The maximum atomic E-state index is 4.55. The highest BCUT2D eigenvalue weighted by atomic mass is 32.1. The van der Waals surface area contributed by atoms with Crippen LogP contribution < -0.4 is 0 Å². The van der Waals surface area contributed by atoms with Gasteiger partial charge in [0.05, 0.1) is 0 Å². The average Bonchev–Trinajstić information content (AvgIpc) is 2.87. The second-order valence-corrected chi connectivity index (χ2v) is 5.97. The van der Waals surface area contributed by atoms with Crippen LogP contribution in [0.1, 0.15) is 39.5 Å². The molecule has 0 N–H and O–H groups in total. The Morgan fingerprint density at radius 3 is 2.24 bits per heavy atom. The molecule has 1 fully saturated rings. The maximum absolute atomic E-state index is 4.55. The molecule has 102 valence electrons. The van der Waals surface area contributed by atoms with Crippen LogP contribution in [0.3, 0.4) is 0 Å². The maximum Gasteiger partial charge on any atom is 0.0109 e. The minimum Gasteiger partial charge on any atom is -0.305 e. The molecule has 1 heterocycles.